The summed E-state index contributed by atoms with van der Waals surface area (Å²) in [6.45, 7) is 0.266. The van der Waals surface area contributed by atoms with Gasteiger partial charge in [0.25, 0.3) is 12.9 Å². The van der Waals surface area contributed by atoms with Gasteiger partial charge in [-0.2, -0.15) is 0 Å². The van der Waals surface area contributed by atoms with E-state index in [9.17, 15) is 19.2 Å². The Morgan fingerprint density at radius 2 is 1.25 bits per heavy atom. The summed E-state index contributed by atoms with van der Waals surface area (Å²) in [5.74, 6) is -1.81. The van der Waals surface area contributed by atoms with Gasteiger partial charge in [0.1, 0.15) is 5.75 Å². The van der Waals surface area contributed by atoms with Gasteiger partial charge in [0.15, 0.2) is 11.5 Å². The summed E-state index contributed by atoms with van der Waals surface area (Å²) in [5.41, 5.74) is 0. The van der Waals surface area contributed by atoms with Crippen LogP contribution in [0.3, 0.4) is 0 Å². The Kier molecular flexibility index (Phi) is 6.62. The minimum Gasteiger partial charge on any atom is -0.426 e. The smallest absolute Gasteiger partial charge is 0.314 e. The van der Waals surface area contributed by atoms with Gasteiger partial charge in [-0.1, -0.05) is 25.7 Å². The van der Waals surface area contributed by atoms with Gasteiger partial charge < -0.3 is 18.9 Å². The molecule has 150 valence electrons. The number of ether oxygens (including phenoxy) is 4. The zero-order valence-corrected chi connectivity index (χ0v) is 15.4. The molecule has 0 aliphatic heterocycles. The molecular formula is C20H22O8. The standard InChI is InChI=1S/C20H22O8/c21-11-25-16-9-15(27-19(23)13-5-1-2-6-13)10-17(18(16)26-12-22)28-20(24)14-7-3-4-8-14/h9-14H,1-8H2. The molecule has 0 bridgehead atoms. The molecule has 0 aromatic heterocycles. The fourth-order valence-electron chi connectivity index (χ4n) is 3.71. The summed E-state index contributed by atoms with van der Waals surface area (Å²) in [6.07, 6.45) is 6.77. The molecule has 0 heterocycles. The van der Waals surface area contributed by atoms with Gasteiger partial charge in [-0.3, -0.25) is 19.2 Å². The van der Waals surface area contributed by atoms with Crippen molar-refractivity contribution in [2.45, 2.75) is 51.4 Å². The Morgan fingerprint density at radius 1 is 0.750 bits per heavy atom. The largest absolute Gasteiger partial charge is 0.426 e. The number of hydrogen-bond acceptors (Lipinski definition) is 8. The van der Waals surface area contributed by atoms with E-state index in [0.717, 1.165) is 51.4 Å². The second-order valence-electron chi connectivity index (χ2n) is 6.98. The lowest BCUT2D eigenvalue weighted by atomic mass is 10.1. The summed E-state index contributed by atoms with van der Waals surface area (Å²) in [6, 6.07) is 2.53. The van der Waals surface area contributed by atoms with E-state index in [2.05, 4.69) is 0 Å². The van der Waals surface area contributed by atoms with Crippen molar-refractivity contribution in [2.75, 3.05) is 0 Å². The fraction of sp³-hybridized carbons (Fsp3) is 0.500. The predicted octanol–water partition coefficient (Wildman–Crippen LogP) is 2.95. The Hall–Kier alpha value is -2.90. The van der Waals surface area contributed by atoms with E-state index in [0.29, 0.717) is 0 Å². The molecule has 8 nitrogen and oxygen atoms in total. The second kappa shape index (κ2) is 9.34. The molecule has 2 fully saturated rings. The first-order valence-corrected chi connectivity index (χ1v) is 9.44. The van der Waals surface area contributed by atoms with Crippen LogP contribution in [0.5, 0.6) is 23.0 Å². The minimum absolute atomic E-state index is 0.0428. The van der Waals surface area contributed by atoms with E-state index in [-0.39, 0.29) is 47.8 Å². The lowest BCUT2D eigenvalue weighted by molar-refractivity contribution is -0.139. The molecule has 1 aromatic carbocycles. The topological polar surface area (TPSA) is 105 Å². The molecule has 1 aromatic rings. The van der Waals surface area contributed by atoms with E-state index in [4.69, 9.17) is 18.9 Å². The number of rotatable bonds is 8. The van der Waals surface area contributed by atoms with Crippen molar-refractivity contribution in [1.29, 1.82) is 0 Å². The van der Waals surface area contributed by atoms with Crippen LogP contribution in [0.2, 0.25) is 0 Å². The van der Waals surface area contributed by atoms with Gasteiger partial charge in [-0.15, -0.1) is 0 Å². The first-order chi connectivity index (χ1) is 13.6. The highest BCUT2D eigenvalue weighted by Crippen LogP contribution is 2.42. The third kappa shape index (κ3) is 4.68. The van der Waals surface area contributed by atoms with Gasteiger partial charge in [0, 0.05) is 12.1 Å². The van der Waals surface area contributed by atoms with Crippen molar-refractivity contribution in [1.82, 2.24) is 0 Å². The molecule has 2 aliphatic carbocycles. The van der Waals surface area contributed by atoms with Crippen LogP contribution in [0.15, 0.2) is 12.1 Å². The SMILES string of the molecule is O=COc1cc(OC(=O)C2CCCC2)cc(OC(=O)C2CCCC2)c1OC=O. The maximum atomic E-state index is 12.4. The maximum Gasteiger partial charge on any atom is 0.314 e. The number of benzene rings is 1. The molecule has 0 saturated heterocycles. The van der Waals surface area contributed by atoms with Gasteiger partial charge in [-0.05, 0) is 25.7 Å². The van der Waals surface area contributed by atoms with Crippen LogP contribution in [0.25, 0.3) is 0 Å². The summed E-state index contributed by atoms with van der Waals surface area (Å²) >= 11 is 0. The van der Waals surface area contributed by atoms with Gasteiger partial charge in [0.2, 0.25) is 5.75 Å². The average Bonchev–Trinajstić information content (AvgIpc) is 3.38. The zero-order valence-electron chi connectivity index (χ0n) is 15.4. The number of carbonyl (C=O) groups excluding carboxylic acids is 4. The van der Waals surface area contributed by atoms with Gasteiger partial charge in [0.05, 0.1) is 11.8 Å². The van der Waals surface area contributed by atoms with E-state index in [1.54, 1.807) is 0 Å². The quantitative estimate of drug-likeness (QED) is 0.379. The highest BCUT2D eigenvalue weighted by Gasteiger charge is 2.29. The normalized spacial score (nSPS) is 17.1. The number of hydrogen-bond donors (Lipinski definition) is 0. The summed E-state index contributed by atoms with van der Waals surface area (Å²) < 4.78 is 20.5. The first-order valence-electron chi connectivity index (χ1n) is 9.44. The fourth-order valence-corrected chi connectivity index (χ4v) is 3.71. The van der Waals surface area contributed by atoms with E-state index in [1.165, 1.54) is 12.1 Å². The summed E-state index contributed by atoms with van der Waals surface area (Å²) in [4.78, 5) is 46.4. The molecule has 0 atom stereocenters. The molecule has 2 aliphatic rings. The monoisotopic (exact) mass is 390 g/mol. The molecule has 0 spiro atoms. The molecule has 2 saturated carbocycles. The summed E-state index contributed by atoms with van der Waals surface area (Å²) in [5, 5.41) is 0. The van der Waals surface area contributed by atoms with Crippen LogP contribution >= 0.6 is 0 Å². The predicted molar refractivity (Wildman–Crippen MR) is 95.0 cm³/mol. The minimum atomic E-state index is -0.468. The van der Waals surface area contributed by atoms with Gasteiger partial charge >= 0.3 is 11.9 Å². The lowest BCUT2D eigenvalue weighted by Crippen LogP contribution is -2.19. The third-order valence-corrected chi connectivity index (χ3v) is 5.14. The second-order valence-corrected chi connectivity index (χ2v) is 6.98. The van der Waals surface area contributed by atoms with Crippen molar-refractivity contribution in [3.05, 3.63) is 12.1 Å². The number of esters is 2. The molecular weight excluding hydrogens is 368 g/mol. The Labute approximate surface area is 162 Å². The van der Waals surface area contributed by atoms with Crippen molar-refractivity contribution in [2.24, 2.45) is 11.8 Å². The Morgan fingerprint density at radius 3 is 1.79 bits per heavy atom. The molecule has 0 N–H and O–H groups in total. The van der Waals surface area contributed by atoms with Crippen LogP contribution in [-0.4, -0.2) is 24.9 Å². The van der Waals surface area contributed by atoms with E-state index < -0.39 is 11.9 Å². The highest BCUT2D eigenvalue weighted by molar-refractivity contribution is 5.79. The summed E-state index contributed by atoms with van der Waals surface area (Å²) in [7, 11) is 0. The number of carbonyl (C=O) groups is 4. The van der Waals surface area contributed by atoms with E-state index in [1.807, 2.05) is 0 Å². The molecule has 0 unspecified atom stereocenters. The van der Waals surface area contributed by atoms with Gasteiger partial charge in [-0.25, -0.2) is 0 Å². The Balaban J connectivity index is 1.87. The van der Waals surface area contributed by atoms with Crippen molar-refractivity contribution >= 4 is 24.9 Å². The molecule has 0 amide bonds. The Bertz CT molecular complexity index is 745. The maximum absolute atomic E-state index is 12.4. The third-order valence-electron chi connectivity index (χ3n) is 5.14. The van der Waals surface area contributed by atoms with Crippen molar-refractivity contribution in [3.63, 3.8) is 0 Å². The molecule has 28 heavy (non-hydrogen) atoms. The van der Waals surface area contributed by atoms with Crippen LogP contribution in [0.4, 0.5) is 0 Å². The van der Waals surface area contributed by atoms with Crippen LogP contribution < -0.4 is 18.9 Å². The van der Waals surface area contributed by atoms with Crippen LogP contribution in [-0.2, 0) is 19.2 Å². The van der Waals surface area contributed by atoms with Crippen LogP contribution in [0, 0.1) is 11.8 Å². The van der Waals surface area contributed by atoms with Crippen molar-refractivity contribution in [3.8, 4) is 23.0 Å². The first kappa shape index (κ1) is 19.9. The molecule has 8 heteroatoms. The zero-order chi connectivity index (χ0) is 19.9. The molecule has 0 radical (unpaired) electrons. The average molecular weight is 390 g/mol. The highest BCUT2D eigenvalue weighted by atomic mass is 16.6. The molecule has 3 rings (SSSR count). The van der Waals surface area contributed by atoms with Crippen LogP contribution in [0.1, 0.15) is 51.4 Å². The lowest BCUT2D eigenvalue weighted by Gasteiger charge is -2.16. The van der Waals surface area contributed by atoms with E-state index >= 15 is 0 Å². The van der Waals surface area contributed by atoms with Crippen molar-refractivity contribution < 1.29 is 38.1 Å².